The molecule has 0 radical (unpaired) electrons. The third kappa shape index (κ3) is 12.2. The quantitative estimate of drug-likeness (QED) is 0.112. The summed E-state index contributed by atoms with van der Waals surface area (Å²) in [6.07, 6.45) is 5.63. The van der Waals surface area contributed by atoms with Crippen LogP contribution >= 0.6 is 24.8 Å². The van der Waals surface area contributed by atoms with E-state index in [1.807, 2.05) is 12.1 Å². The Bertz CT molecular complexity index is 1720. The molecule has 60 heavy (non-hydrogen) atoms. The van der Waals surface area contributed by atoms with E-state index in [4.69, 9.17) is 18.9 Å². The summed E-state index contributed by atoms with van der Waals surface area (Å²) in [7, 11) is 0. The van der Waals surface area contributed by atoms with Gasteiger partial charge in [-0.05, 0) is 180 Å². The van der Waals surface area contributed by atoms with Crippen molar-refractivity contribution in [1.29, 1.82) is 0 Å². The second-order valence-electron chi connectivity index (χ2n) is 16.3. The summed E-state index contributed by atoms with van der Waals surface area (Å²) in [5, 5.41) is 42.1. The summed E-state index contributed by atoms with van der Waals surface area (Å²) in [6.45, 7) is 2.07. The zero-order valence-corrected chi connectivity index (χ0v) is 35.5. The number of halogens is 5. The smallest absolute Gasteiger partial charge is 0.125 e. The number of ether oxygens (including phenoxy) is 4. The molecule has 4 aromatic rings. The zero-order valence-electron chi connectivity index (χ0n) is 33.8. The summed E-state index contributed by atoms with van der Waals surface area (Å²) in [6, 6.07) is 19.6. The molecule has 0 saturated heterocycles. The summed E-state index contributed by atoms with van der Waals surface area (Å²) in [5.41, 5.74) is 4.95. The fourth-order valence-corrected chi connectivity index (χ4v) is 8.57. The van der Waals surface area contributed by atoms with Gasteiger partial charge in [-0.15, -0.1) is 24.8 Å². The van der Waals surface area contributed by atoms with Crippen LogP contribution in [0, 0.1) is 24.4 Å². The van der Waals surface area contributed by atoms with Crippen LogP contribution in [-0.4, -0.2) is 69.3 Å². The number of hydrogen-bond donors (Lipinski definition) is 4. The predicted molar refractivity (Wildman–Crippen MR) is 228 cm³/mol. The van der Waals surface area contributed by atoms with Crippen molar-refractivity contribution in [2.24, 2.45) is 0 Å². The first-order valence-corrected chi connectivity index (χ1v) is 20.8. The molecule has 8 nitrogen and oxygen atoms in total. The van der Waals surface area contributed by atoms with E-state index in [9.17, 15) is 33.6 Å². The molecule has 328 valence electrons. The van der Waals surface area contributed by atoms with Gasteiger partial charge in [-0.2, -0.15) is 0 Å². The number of rotatable bonds is 12. The standard InChI is InChI=1S/C24H29FO4.C23H26F2O4.2ClH/c1-15-5-9-21-16(13-15)6-10-23(28-21)19(26)3-2-4-20(27)24-11-7-17-14-18(25)8-12-22(17)29-24;24-16-6-10-20-14(12-16)4-8-22(28-20)18(26)2-1-3-19(27)23-9-5-15-13-17(25)7-11-21(15)29-23;;/h5,8-9,12-14,19-20,23-24,26-27H,2-4,6-7,10-11H2,1H3;6-7,10-13,18-19,22-23,26-27H,1-5,8-9H2;2*1H/t19-,20-,23-,24+;18-,19-,22-,23+;;/m01../s1. The zero-order chi connectivity index (χ0) is 40.8. The summed E-state index contributed by atoms with van der Waals surface area (Å²) >= 11 is 0. The molecule has 8 rings (SSSR count). The van der Waals surface area contributed by atoms with Gasteiger partial charge in [0.1, 0.15) is 64.9 Å². The first-order valence-electron chi connectivity index (χ1n) is 20.8. The molecule has 0 fully saturated rings. The third-order valence-electron chi connectivity index (χ3n) is 11.9. The Balaban J connectivity index is 0.000000220. The highest BCUT2D eigenvalue weighted by Gasteiger charge is 2.31. The van der Waals surface area contributed by atoms with Gasteiger partial charge in [-0.1, -0.05) is 17.7 Å². The van der Waals surface area contributed by atoms with E-state index >= 15 is 0 Å². The van der Waals surface area contributed by atoms with Gasteiger partial charge in [0.15, 0.2) is 0 Å². The van der Waals surface area contributed by atoms with Crippen LogP contribution in [-0.2, 0) is 25.7 Å². The lowest BCUT2D eigenvalue weighted by atomic mass is 9.93. The highest BCUT2D eigenvalue weighted by atomic mass is 35.5. The summed E-state index contributed by atoms with van der Waals surface area (Å²) < 4.78 is 63.4. The number of aliphatic hydroxyl groups is 4. The van der Waals surface area contributed by atoms with Crippen LogP contribution in [0.3, 0.4) is 0 Å². The fraction of sp³-hybridized carbons (Fsp3) is 0.489. The van der Waals surface area contributed by atoms with Gasteiger partial charge >= 0.3 is 0 Å². The van der Waals surface area contributed by atoms with E-state index in [1.54, 1.807) is 18.2 Å². The van der Waals surface area contributed by atoms with Gasteiger partial charge in [0.05, 0.1) is 24.4 Å². The van der Waals surface area contributed by atoms with Crippen molar-refractivity contribution in [3.05, 3.63) is 118 Å². The number of hydrogen-bond acceptors (Lipinski definition) is 8. The Kier molecular flexibility index (Phi) is 17.3. The van der Waals surface area contributed by atoms with Crippen molar-refractivity contribution >= 4 is 24.8 Å². The minimum Gasteiger partial charge on any atom is -0.487 e. The molecular formula is C47H57Cl2F3O8. The molecule has 0 amide bonds. The summed E-state index contributed by atoms with van der Waals surface area (Å²) in [4.78, 5) is 0. The maximum atomic E-state index is 13.3. The van der Waals surface area contributed by atoms with Gasteiger partial charge in [0.2, 0.25) is 0 Å². The lowest BCUT2D eigenvalue weighted by Crippen LogP contribution is -2.36. The maximum absolute atomic E-state index is 13.3. The van der Waals surface area contributed by atoms with Crippen LogP contribution in [0.5, 0.6) is 23.0 Å². The van der Waals surface area contributed by atoms with Gasteiger partial charge in [0, 0.05) is 0 Å². The van der Waals surface area contributed by atoms with E-state index in [0.29, 0.717) is 94.3 Å². The SMILES string of the molecule is Cc1ccc2c(c1)CC[C@@H]([C@@H](O)CCC[C@H](O)[C@H]1CCc3cc(F)ccc3O1)O2.Cl.Cl.O[C@H](CCC[C@@H](O)[C@H]1CCc2cc(F)ccc2O1)[C@@H]1CCc2cc(F)ccc2O1. The van der Waals surface area contributed by atoms with E-state index < -0.39 is 24.4 Å². The molecule has 0 unspecified atom stereocenters. The van der Waals surface area contributed by atoms with Crippen molar-refractivity contribution in [3.8, 4) is 23.0 Å². The Morgan fingerprint density at radius 3 is 1.02 bits per heavy atom. The average Bonchev–Trinajstić information content (AvgIpc) is 3.22. The molecule has 4 aromatic carbocycles. The molecule has 0 bridgehead atoms. The Morgan fingerprint density at radius 1 is 0.450 bits per heavy atom. The van der Waals surface area contributed by atoms with E-state index in [2.05, 4.69) is 13.0 Å². The molecule has 13 heteroatoms. The molecular weight excluding hydrogens is 820 g/mol. The summed E-state index contributed by atoms with van der Waals surface area (Å²) in [5.74, 6) is 1.97. The van der Waals surface area contributed by atoms with E-state index in [1.165, 1.54) is 47.5 Å². The first kappa shape index (κ1) is 47.3. The van der Waals surface area contributed by atoms with Crippen LogP contribution in [0.1, 0.15) is 92.0 Å². The number of fused-ring (bicyclic) bond motifs is 4. The highest BCUT2D eigenvalue weighted by Crippen LogP contribution is 2.34. The Labute approximate surface area is 362 Å². The third-order valence-corrected chi connectivity index (χ3v) is 11.9. The number of aryl methyl sites for hydroxylation is 5. The monoisotopic (exact) mass is 876 g/mol. The van der Waals surface area contributed by atoms with Crippen molar-refractivity contribution < 1.29 is 52.5 Å². The van der Waals surface area contributed by atoms with Gasteiger partial charge < -0.3 is 39.4 Å². The molecule has 0 spiro atoms. The predicted octanol–water partition coefficient (Wildman–Crippen LogP) is 8.90. The van der Waals surface area contributed by atoms with E-state index in [0.717, 1.165) is 35.3 Å². The van der Waals surface area contributed by atoms with Crippen molar-refractivity contribution in [1.82, 2.24) is 0 Å². The highest BCUT2D eigenvalue weighted by molar-refractivity contribution is 5.85. The molecule has 0 saturated carbocycles. The van der Waals surface area contributed by atoms with Crippen LogP contribution in [0.2, 0.25) is 0 Å². The average molecular weight is 878 g/mol. The molecule has 4 aliphatic heterocycles. The second kappa shape index (κ2) is 21.9. The normalized spacial score (nSPS) is 21.9. The number of benzene rings is 4. The Hall–Kier alpha value is -3.71. The minimum atomic E-state index is -0.642. The molecule has 4 aliphatic rings. The van der Waals surface area contributed by atoms with Crippen molar-refractivity contribution in [3.63, 3.8) is 0 Å². The van der Waals surface area contributed by atoms with Crippen molar-refractivity contribution in [2.45, 2.75) is 146 Å². The Morgan fingerprint density at radius 2 is 0.717 bits per heavy atom. The molecule has 0 aliphatic carbocycles. The lowest BCUT2D eigenvalue weighted by Gasteiger charge is -2.31. The van der Waals surface area contributed by atoms with Crippen LogP contribution in [0.15, 0.2) is 72.8 Å². The fourth-order valence-electron chi connectivity index (χ4n) is 8.57. The van der Waals surface area contributed by atoms with Gasteiger partial charge in [-0.3, -0.25) is 0 Å². The topological polar surface area (TPSA) is 118 Å². The van der Waals surface area contributed by atoms with Crippen LogP contribution in [0.4, 0.5) is 13.2 Å². The molecule has 8 atom stereocenters. The minimum absolute atomic E-state index is 0. The van der Waals surface area contributed by atoms with Crippen molar-refractivity contribution in [2.75, 3.05) is 0 Å². The second-order valence-corrected chi connectivity index (χ2v) is 16.3. The van der Waals surface area contributed by atoms with Gasteiger partial charge in [0.25, 0.3) is 0 Å². The largest absolute Gasteiger partial charge is 0.487 e. The first-order chi connectivity index (χ1) is 28.0. The maximum Gasteiger partial charge on any atom is 0.125 e. The van der Waals surface area contributed by atoms with Crippen LogP contribution < -0.4 is 18.9 Å². The lowest BCUT2D eigenvalue weighted by molar-refractivity contribution is 0.00129. The van der Waals surface area contributed by atoms with E-state index in [-0.39, 0.29) is 66.7 Å². The van der Waals surface area contributed by atoms with Gasteiger partial charge in [-0.25, -0.2) is 13.2 Å². The number of aliphatic hydroxyl groups excluding tert-OH is 4. The van der Waals surface area contributed by atoms with Crippen LogP contribution in [0.25, 0.3) is 0 Å². The molecule has 4 heterocycles. The molecule has 4 N–H and O–H groups in total. The molecule has 0 aromatic heterocycles.